The Balaban J connectivity index is 1.84. The number of amides is 2. The normalized spacial score (nSPS) is 11.8. The number of aryl methyl sites for hydroxylation is 1. The van der Waals surface area contributed by atoms with Crippen molar-refractivity contribution in [2.24, 2.45) is 0 Å². The number of pyridine rings is 1. The van der Waals surface area contributed by atoms with E-state index in [0.717, 1.165) is 5.69 Å². The molecular weight excluding hydrogens is 273 g/mol. The van der Waals surface area contributed by atoms with Crippen LogP contribution in [0.25, 0.3) is 0 Å². The maximum absolute atomic E-state index is 12.8. The van der Waals surface area contributed by atoms with E-state index in [4.69, 9.17) is 0 Å². The lowest BCUT2D eigenvalue weighted by Crippen LogP contribution is -2.32. The average Bonchev–Trinajstić information content (AvgIpc) is 2.45. The summed E-state index contributed by atoms with van der Waals surface area (Å²) in [7, 11) is 0. The van der Waals surface area contributed by atoms with E-state index in [2.05, 4.69) is 15.6 Å². The molecule has 0 bridgehead atoms. The van der Waals surface area contributed by atoms with Crippen LogP contribution in [0, 0.1) is 12.7 Å². The number of nitrogens with one attached hydrogen (secondary N) is 2. The molecule has 0 unspecified atom stereocenters. The summed E-state index contributed by atoms with van der Waals surface area (Å²) >= 11 is 0. The minimum atomic E-state index is -0.893. The average molecular weight is 289 g/mol. The van der Waals surface area contributed by atoms with E-state index in [1.807, 2.05) is 6.92 Å². The Labute approximate surface area is 121 Å². The highest BCUT2D eigenvalue weighted by Gasteiger charge is 2.09. The Morgan fingerprint density at radius 3 is 2.71 bits per heavy atom. The van der Waals surface area contributed by atoms with E-state index >= 15 is 0 Å². The van der Waals surface area contributed by atoms with Gasteiger partial charge in [0.05, 0.1) is 6.10 Å². The Morgan fingerprint density at radius 2 is 2.05 bits per heavy atom. The maximum Gasteiger partial charge on any atom is 0.319 e. The van der Waals surface area contributed by atoms with Crippen LogP contribution in [0.1, 0.15) is 17.4 Å². The molecule has 2 rings (SSSR count). The van der Waals surface area contributed by atoms with Crippen molar-refractivity contribution >= 4 is 11.7 Å². The van der Waals surface area contributed by atoms with Crippen molar-refractivity contribution in [2.75, 3.05) is 11.9 Å². The monoisotopic (exact) mass is 289 g/mol. The second-order valence-electron chi connectivity index (χ2n) is 4.59. The Bertz CT molecular complexity index is 617. The predicted octanol–water partition coefficient (Wildman–Crippen LogP) is 2.38. The summed E-state index contributed by atoms with van der Waals surface area (Å²) in [6.07, 6.45) is 0.703. The first-order valence-corrected chi connectivity index (χ1v) is 6.45. The van der Waals surface area contributed by atoms with Crippen LogP contribution in [0.5, 0.6) is 0 Å². The number of hydrogen-bond donors (Lipinski definition) is 3. The van der Waals surface area contributed by atoms with Crippen molar-refractivity contribution in [3.05, 3.63) is 59.7 Å². The molecule has 0 aliphatic rings. The SMILES string of the molecule is Cc1cc(NC(=O)NC[C@H](O)c2ccc(F)cc2)ccn1. The number of carbonyl (C=O) groups is 1. The summed E-state index contributed by atoms with van der Waals surface area (Å²) in [6, 6.07) is 8.45. The van der Waals surface area contributed by atoms with Crippen molar-refractivity contribution in [3.63, 3.8) is 0 Å². The Hall–Kier alpha value is -2.47. The first-order chi connectivity index (χ1) is 10.0. The molecule has 1 heterocycles. The summed E-state index contributed by atoms with van der Waals surface area (Å²) in [5.41, 5.74) is 1.95. The van der Waals surface area contributed by atoms with Gasteiger partial charge in [-0.2, -0.15) is 0 Å². The smallest absolute Gasteiger partial charge is 0.319 e. The quantitative estimate of drug-likeness (QED) is 0.809. The fourth-order valence-electron chi connectivity index (χ4n) is 1.79. The molecule has 0 spiro atoms. The fraction of sp³-hybridized carbons (Fsp3) is 0.200. The molecule has 0 saturated heterocycles. The molecule has 1 aromatic heterocycles. The van der Waals surface area contributed by atoms with E-state index in [1.54, 1.807) is 18.3 Å². The standard InChI is InChI=1S/C15H16FN3O2/c1-10-8-13(6-7-17-10)19-15(21)18-9-14(20)11-2-4-12(16)5-3-11/h2-8,14,20H,9H2,1H3,(H2,17,18,19,21)/t14-/m0/s1. The van der Waals surface area contributed by atoms with Gasteiger partial charge in [0.2, 0.25) is 0 Å². The number of aliphatic hydroxyl groups is 1. The minimum absolute atomic E-state index is 0.0293. The van der Waals surface area contributed by atoms with Crippen LogP contribution >= 0.6 is 0 Å². The number of aromatic nitrogens is 1. The van der Waals surface area contributed by atoms with Crippen molar-refractivity contribution < 1.29 is 14.3 Å². The molecule has 3 N–H and O–H groups in total. The molecule has 0 aliphatic heterocycles. The van der Waals surface area contributed by atoms with Crippen LogP contribution < -0.4 is 10.6 Å². The third-order valence-corrected chi connectivity index (χ3v) is 2.87. The van der Waals surface area contributed by atoms with Gasteiger partial charge in [-0.15, -0.1) is 0 Å². The number of benzene rings is 1. The molecule has 0 aliphatic carbocycles. The molecule has 6 heteroatoms. The van der Waals surface area contributed by atoms with Crippen molar-refractivity contribution in [2.45, 2.75) is 13.0 Å². The van der Waals surface area contributed by atoms with Gasteiger partial charge >= 0.3 is 6.03 Å². The molecule has 5 nitrogen and oxygen atoms in total. The van der Waals surface area contributed by atoms with Crippen LogP contribution in [0.4, 0.5) is 14.9 Å². The van der Waals surface area contributed by atoms with Gasteiger partial charge < -0.3 is 15.7 Å². The van der Waals surface area contributed by atoms with Gasteiger partial charge in [0.25, 0.3) is 0 Å². The first-order valence-electron chi connectivity index (χ1n) is 6.45. The highest BCUT2D eigenvalue weighted by atomic mass is 19.1. The third-order valence-electron chi connectivity index (χ3n) is 2.87. The topological polar surface area (TPSA) is 74.2 Å². The first kappa shape index (κ1) is 14.9. The number of urea groups is 1. The molecule has 0 radical (unpaired) electrons. The fourth-order valence-corrected chi connectivity index (χ4v) is 1.79. The highest BCUT2D eigenvalue weighted by Crippen LogP contribution is 2.12. The van der Waals surface area contributed by atoms with Crippen molar-refractivity contribution in [1.82, 2.24) is 10.3 Å². The summed E-state index contributed by atoms with van der Waals surface area (Å²) in [5, 5.41) is 15.1. The van der Waals surface area contributed by atoms with Crippen LogP contribution in [-0.2, 0) is 0 Å². The van der Waals surface area contributed by atoms with Crippen LogP contribution in [0.15, 0.2) is 42.6 Å². The zero-order chi connectivity index (χ0) is 15.2. The van der Waals surface area contributed by atoms with Gasteiger partial charge in [-0.3, -0.25) is 4.98 Å². The number of nitrogens with zero attached hydrogens (tertiary/aromatic N) is 1. The van der Waals surface area contributed by atoms with E-state index in [9.17, 15) is 14.3 Å². The molecule has 1 atom stereocenters. The lowest BCUT2D eigenvalue weighted by Gasteiger charge is -2.13. The lowest BCUT2D eigenvalue weighted by molar-refractivity contribution is 0.175. The van der Waals surface area contributed by atoms with Gasteiger partial charge in [0, 0.05) is 24.1 Å². The van der Waals surface area contributed by atoms with Crippen LogP contribution in [0.3, 0.4) is 0 Å². The summed E-state index contributed by atoms with van der Waals surface area (Å²) < 4.78 is 12.8. The molecule has 2 amide bonds. The zero-order valence-electron chi connectivity index (χ0n) is 11.5. The second-order valence-corrected chi connectivity index (χ2v) is 4.59. The molecule has 0 saturated carbocycles. The highest BCUT2D eigenvalue weighted by molar-refractivity contribution is 5.89. The maximum atomic E-state index is 12.8. The number of rotatable bonds is 4. The molecule has 1 aromatic carbocycles. The third kappa shape index (κ3) is 4.54. The molecule has 21 heavy (non-hydrogen) atoms. The number of hydrogen-bond acceptors (Lipinski definition) is 3. The summed E-state index contributed by atoms with van der Waals surface area (Å²) in [5.74, 6) is -0.371. The number of aliphatic hydroxyl groups excluding tert-OH is 1. The summed E-state index contributed by atoms with van der Waals surface area (Å²) in [6.45, 7) is 1.85. The number of halogens is 1. The van der Waals surface area contributed by atoms with E-state index in [1.165, 1.54) is 24.3 Å². The Morgan fingerprint density at radius 1 is 1.33 bits per heavy atom. The molecule has 0 fully saturated rings. The Kier molecular flexibility index (Phi) is 4.84. The molecule has 2 aromatic rings. The number of carbonyl (C=O) groups excluding carboxylic acids is 1. The van der Waals surface area contributed by atoms with Crippen LogP contribution in [-0.4, -0.2) is 22.7 Å². The van der Waals surface area contributed by atoms with Gasteiger partial charge in [-0.25, -0.2) is 9.18 Å². The van der Waals surface area contributed by atoms with Gasteiger partial charge in [0.15, 0.2) is 0 Å². The zero-order valence-corrected chi connectivity index (χ0v) is 11.5. The van der Waals surface area contributed by atoms with E-state index < -0.39 is 12.1 Å². The second kappa shape index (κ2) is 6.81. The van der Waals surface area contributed by atoms with E-state index in [0.29, 0.717) is 11.3 Å². The van der Waals surface area contributed by atoms with Gasteiger partial charge in [-0.1, -0.05) is 12.1 Å². The van der Waals surface area contributed by atoms with Crippen molar-refractivity contribution in [3.8, 4) is 0 Å². The van der Waals surface area contributed by atoms with Gasteiger partial charge in [-0.05, 0) is 36.8 Å². The lowest BCUT2D eigenvalue weighted by atomic mass is 10.1. The largest absolute Gasteiger partial charge is 0.387 e. The molecule has 110 valence electrons. The van der Waals surface area contributed by atoms with Gasteiger partial charge in [0.1, 0.15) is 5.82 Å². The van der Waals surface area contributed by atoms with E-state index in [-0.39, 0.29) is 12.4 Å². The predicted molar refractivity (Wildman–Crippen MR) is 77.4 cm³/mol. The van der Waals surface area contributed by atoms with Crippen LogP contribution in [0.2, 0.25) is 0 Å². The minimum Gasteiger partial charge on any atom is -0.387 e. The number of anilines is 1. The summed E-state index contributed by atoms with van der Waals surface area (Å²) in [4.78, 5) is 15.7. The van der Waals surface area contributed by atoms with Crippen molar-refractivity contribution in [1.29, 1.82) is 0 Å². The molecular formula is C15H16FN3O2.